The van der Waals surface area contributed by atoms with Gasteiger partial charge in [-0.2, -0.15) is 4.98 Å². The largest absolute Gasteiger partial charge is 0.379 e. The molecule has 6 heteroatoms. The molecule has 140 valence electrons. The molecule has 27 heavy (non-hydrogen) atoms. The highest BCUT2D eigenvalue weighted by Gasteiger charge is 2.14. The fourth-order valence-electron chi connectivity index (χ4n) is 3.24. The van der Waals surface area contributed by atoms with Gasteiger partial charge in [0.2, 0.25) is 0 Å². The second-order valence-electron chi connectivity index (χ2n) is 6.85. The van der Waals surface area contributed by atoms with Gasteiger partial charge in [0, 0.05) is 19.2 Å². The molecule has 3 aromatic rings. The Kier molecular flexibility index (Phi) is 5.74. The number of hydrogen-bond donors (Lipinski definition) is 1. The first-order valence-corrected chi connectivity index (χ1v) is 9.54. The molecule has 6 nitrogen and oxygen atoms in total. The molecule has 0 bridgehead atoms. The van der Waals surface area contributed by atoms with E-state index in [1.807, 2.05) is 18.2 Å². The second kappa shape index (κ2) is 8.77. The molecular weight excluding hydrogens is 340 g/mol. The van der Waals surface area contributed by atoms with Crippen LogP contribution in [-0.2, 0) is 17.6 Å². The van der Waals surface area contributed by atoms with Crippen LogP contribution in [0.3, 0.4) is 0 Å². The van der Waals surface area contributed by atoms with Crippen LogP contribution in [0.4, 0.5) is 5.82 Å². The van der Waals surface area contributed by atoms with E-state index in [4.69, 9.17) is 9.26 Å². The molecule has 1 aromatic carbocycles. The van der Waals surface area contributed by atoms with Crippen LogP contribution in [0.2, 0.25) is 0 Å². The quantitative estimate of drug-likeness (QED) is 0.685. The zero-order chi connectivity index (χ0) is 18.3. The van der Waals surface area contributed by atoms with Crippen molar-refractivity contribution in [2.24, 2.45) is 0 Å². The Labute approximate surface area is 159 Å². The van der Waals surface area contributed by atoms with Crippen LogP contribution >= 0.6 is 0 Å². The lowest BCUT2D eigenvalue weighted by atomic mass is 10.1. The van der Waals surface area contributed by atoms with E-state index in [2.05, 4.69) is 44.7 Å². The lowest BCUT2D eigenvalue weighted by Gasteiger charge is -2.23. The van der Waals surface area contributed by atoms with Gasteiger partial charge in [-0.25, -0.2) is 4.98 Å². The molecule has 1 aliphatic rings. The van der Waals surface area contributed by atoms with Crippen molar-refractivity contribution < 1.29 is 9.26 Å². The molecule has 0 saturated carbocycles. The third-order valence-corrected chi connectivity index (χ3v) is 4.70. The van der Waals surface area contributed by atoms with Crippen molar-refractivity contribution in [2.45, 2.75) is 38.1 Å². The van der Waals surface area contributed by atoms with E-state index >= 15 is 0 Å². The third-order valence-electron chi connectivity index (χ3n) is 4.70. The number of nitrogens with zero attached hydrogens (tertiary/aromatic N) is 3. The second-order valence-corrected chi connectivity index (χ2v) is 6.85. The Balaban J connectivity index is 1.31. The van der Waals surface area contributed by atoms with E-state index in [1.54, 1.807) is 6.20 Å². The summed E-state index contributed by atoms with van der Waals surface area (Å²) < 4.78 is 10.9. The van der Waals surface area contributed by atoms with Gasteiger partial charge in [0.25, 0.3) is 5.89 Å². The highest BCUT2D eigenvalue weighted by molar-refractivity contribution is 5.54. The summed E-state index contributed by atoms with van der Waals surface area (Å²) in [6.45, 7) is 1.59. The van der Waals surface area contributed by atoms with Crippen molar-refractivity contribution >= 4 is 5.82 Å². The van der Waals surface area contributed by atoms with Crippen molar-refractivity contribution in [3.63, 3.8) is 0 Å². The predicted octanol–water partition coefficient (Wildman–Crippen LogP) is 3.90. The number of ether oxygens (including phenoxy) is 1. The fraction of sp³-hybridized carbons (Fsp3) is 0.381. The average Bonchev–Trinajstić information content (AvgIpc) is 3.19. The molecule has 0 amide bonds. The molecule has 1 unspecified atom stereocenters. The molecule has 0 aliphatic carbocycles. The van der Waals surface area contributed by atoms with Crippen LogP contribution in [0.15, 0.2) is 53.2 Å². The summed E-state index contributed by atoms with van der Waals surface area (Å²) in [6.07, 6.45) is 6.77. The number of benzene rings is 1. The molecule has 1 N–H and O–H groups in total. The standard InChI is InChI=1S/C21H24N4O2/c1-2-6-16(7-3-1)8-4-10-20-24-21(27-25-20)17-11-12-19(22-14-17)23-18-9-5-13-26-15-18/h1-3,6-7,11-12,14,18H,4-5,8-10,13,15H2,(H,22,23). The van der Waals surface area contributed by atoms with Gasteiger partial charge in [0.05, 0.1) is 18.2 Å². The molecule has 1 atom stereocenters. The molecular formula is C21H24N4O2. The zero-order valence-electron chi connectivity index (χ0n) is 15.3. The van der Waals surface area contributed by atoms with Crippen molar-refractivity contribution in [1.29, 1.82) is 0 Å². The zero-order valence-corrected chi connectivity index (χ0v) is 15.3. The van der Waals surface area contributed by atoms with Gasteiger partial charge in [-0.05, 0) is 43.4 Å². The Morgan fingerprint density at radius 2 is 2.00 bits per heavy atom. The molecule has 3 heterocycles. The van der Waals surface area contributed by atoms with Gasteiger partial charge in [-0.15, -0.1) is 0 Å². The van der Waals surface area contributed by atoms with Gasteiger partial charge in [0.15, 0.2) is 5.82 Å². The van der Waals surface area contributed by atoms with Crippen molar-refractivity contribution in [3.8, 4) is 11.5 Å². The Hall–Kier alpha value is -2.73. The highest BCUT2D eigenvalue weighted by atomic mass is 16.5. The minimum absolute atomic E-state index is 0.330. The van der Waals surface area contributed by atoms with E-state index in [0.717, 1.165) is 62.5 Å². The van der Waals surface area contributed by atoms with Crippen LogP contribution in [0.1, 0.15) is 30.7 Å². The first-order valence-electron chi connectivity index (χ1n) is 9.54. The molecule has 0 spiro atoms. The van der Waals surface area contributed by atoms with Crippen molar-refractivity contribution in [2.75, 3.05) is 18.5 Å². The van der Waals surface area contributed by atoms with Crippen LogP contribution < -0.4 is 5.32 Å². The highest BCUT2D eigenvalue weighted by Crippen LogP contribution is 2.19. The average molecular weight is 364 g/mol. The molecule has 1 fully saturated rings. The Bertz CT molecular complexity index is 827. The minimum Gasteiger partial charge on any atom is -0.379 e. The fourth-order valence-corrected chi connectivity index (χ4v) is 3.24. The summed E-state index contributed by atoms with van der Waals surface area (Å²) in [5.74, 6) is 2.10. The maximum Gasteiger partial charge on any atom is 0.259 e. The summed E-state index contributed by atoms with van der Waals surface area (Å²) >= 11 is 0. The van der Waals surface area contributed by atoms with Crippen LogP contribution in [0.5, 0.6) is 0 Å². The van der Waals surface area contributed by atoms with E-state index in [1.165, 1.54) is 5.56 Å². The number of aromatic nitrogens is 3. The molecule has 4 rings (SSSR count). The van der Waals surface area contributed by atoms with E-state index in [-0.39, 0.29) is 0 Å². The first kappa shape index (κ1) is 17.7. The third kappa shape index (κ3) is 4.92. The summed E-state index contributed by atoms with van der Waals surface area (Å²) in [7, 11) is 0. The predicted molar refractivity (Wildman–Crippen MR) is 103 cm³/mol. The van der Waals surface area contributed by atoms with Crippen molar-refractivity contribution in [1.82, 2.24) is 15.1 Å². The monoisotopic (exact) mass is 364 g/mol. The summed E-state index contributed by atoms with van der Waals surface area (Å²) in [5.41, 5.74) is 2.17. The number of hydrogen-bond acceptors (Lipinski definition) is 6. The number of rotatable bonds is 7. The summed E-state index contributed by atoms with van der Waals surface area (Å²) in [4.78, 5) is 8.96. The number of anilines is 1. The van der Waals surface area contributed by atoms with Gasteiger partial charge >= 0.3 is 0 Å². The van der Waals surface area contributed by atoms with E-state index < -0.39 is 0 Å². The van der Waals surface area contributed by atoms with Crippen molar-refractivity contribution in [3.05, 3.63) is 60.0 Å². The summed E-state index contributed by atoms with van der Waals surface area (Å²) in [5, 5.41) is 7.50. The maximum absolute atomic E-state index is 5.49. The Morgan fingerprint density at radius 1 is 1.07 bits per heavy atom. The Morgan fingerprint density at radius 3 is 2.78 bits per heavy atom. The van der Waals surface area contributed by atoms with Gasteiger partial charge in [-0.3, -0.25) is 0 Å². The van der Waals surface area contributed by atoms with E-state index in [0.29, 0.717) is 11.9 Å². The topological polar surface area (TPSA) is 73.1 Å². The molecule has 1 saturated heterocycles. The lowest BCUT2D eigenvalue weighted by molar-refractivity contribution is 0.0875. The number of nitrogens with one attached hydrogen (secondary N) is 1. The van der Waals surface area contributed by atoms with Crippen LogP contribution in [0.25, 0.3) is 11.5 Å². The lowest BCUT2D eigenvalue weighted by Crippen LogP contribution is -2.30. The number of pyridine rings is 1. The van der Waals surface area contributed by atoms with Gasteiger partial charge < -0.3 is 14.6 Å². The van der Waals surface area contributed by atoms with Crippen LogP contribution in [0, 0.1) is 0 Å². The minimum atomic E-state index is 0.330. The number of aryl methyl sites for hydroxylation is 2. The van der Waals surface area contributed by atoms with Crippen LogP contribution in [-0.4, -0.2) is 34.4 Å². The normalized spacial score (nSPS) is 17.0. The molecule has 0 radical (unpaired) electrons. The molecule has 2 aromatic heterocycles. The summed E-state index contributed by atoms with van der Waals surface area (Å²) in [6, 6.07) is 14.7. The van der Waals surface area contributed by atoms with Gasteiger partial charge in [0.1, 0.15) is 5.82 Å². The maximum atomic E-state index is 5.49. The van der Waals surface area contributed by atoms with Gasteiger partial charge in [-0.1, -0.05) is 35.5 Å². The van der Waals surface area contributed by atoms with E-state index in [9.17, 15) is 0 Å². The smallest absolute Gasteiger partial charge is 0.259 e. The first-order chi connectivity index (χ1) is 13.4. The molecule has 1 aliphatic heterocycles. The SMILES string of the molecule is c1ccc(CCCc2noc(-c3ccc(NC4CCCOC4)nc3)n2)cc1.